The van der Waals surface area contributed by atoms with E-state index < -0.39 is 0 Å². The molecule has 2 N–H and O–H groups in total. The standard InChI is InChI=1S/C22H22N4O3S/c1-13-4-7-16(8-5-13)26-21(28)20-18(10-14(2)24-20)25-22(26)30-12-19(27)23-11-17-9-6-15(3)29-17/h4-10,24H,11-12H2,1-3H3,(H,23,27). The first-order valence-corrected chi connectivity index (χ1v) is 10.5. The van der Waals surface area contributed by atoms with Crippen LogP contribution in [0.15, 0.2) is 56.8 Å². The van der Waals surface area contributed by atoms with E-state index in [1.54, 1.807) is 4.57 Å². The van der Waals surface area contributed by atoms with Gasteiger partial charge in [0.1, 0.15) is 17.0 Å². The molecule has 0 bridgehead atoms. The molecule has 1 amide bonds. The number of hydrogen-bond acceptors (Lipinski definition) is 5. The van der Waals surface area contributed by atoms with Crippen LogP contribution >= 0.6 is 11.8 Å². The average molecular weight is 423 g/mol. The van der Waals surface area contributed by atoms with Crippen LogP contribution in [0.25, 0.3) is 16.7 Å². The molecule has 1 aromatic carbocycles. The molecule has 0 aliphatic rings. The summed E-state index contributed by atoms with van der Waals surface area (Å²) in [6, 6.07) is 13.2. The molecule has 0 aliphatic carbocycles. The summed E-state index contributed by atoms with van der Waals surface area (Å²) in [5.41, 5.74) is 3.52. The Balaban J connectivity index is 1.60. The minimum Gasteiger partial charge on any atom is -0.465 e. The van der Waals surface area contributed by atoms with Gasteiger partial charge in [0.05, 0.1) is 23.5 Å². The average Bonchev–Trinajstić information content (AvgIpc) is 3.30. The molecule has 154 valence electrons. The number of thioether (sulfide) groups is 1. The summed E-state index contributed by atoms with van der Waals surface area (Å²) in [4.78, 5) is 33.2. The van der Waals surface area contributed by atoms with Gasteiger partial charge in [-0.2, -0.15) is 0 Å². The van der Waals surface area contributed by atoms with E-state index in [2.05, 4.69) is 15.3 Å². The van der Waals surface area contributed by atoms with Crippen LogP contribution in [0.1, 0.15) is 22.8 Å². The zero-order chi connectivity index (χ0) is 21.3. The van der Waals surface area contributed by atoms with Crippen LogP contribution in [0.4, 0.5) is 0 Å². The second-order valence-electron chi connectivity index (χ2n) is 7.16. The van der Waals surface area contributed by atoms with E-state index in [-0.39, 0.29) is 17.2 Å². The number of aromatic nitrogens is 3. The normalized spacial score (nSPS) is 11.2. The number of fused-ring (bicyclic) bond motifs is 1. The van der Waals surface area contributed by atoms with Gasteiger partial charge in [0.25, 0.3) is 5.56 Å². The van der Waals surface area contributed by atoms with E-state index in [4.69, 9.17) is 4.42 Å². The largest absolute Gasteiger partial charge is 0.465 e. The Bertz CT molecular complexity index is 1270. The van der Waals surface area contributed by atoms with Gasteiger partial charge in [-0.25, -0.2) is 4.98 Å². The molecule has 0 saturated heterocycles. The van der Waals surface area contributed by atoms with Crippen molar-refractivity contribution in [2.24, 2.45) is 0 Å². The number of furan rings is 1. The van der Waals surface area contributed by atoms with E-state index in [9.17, 15) is 9.59 Å². The van der Waals surface area contributed by atoms with Gasteiger partial charge in [0, 0.05) is 5.69 Å². The van der Waals surface area contributed by atoms with Gasteiger partial charge in [-0.3, -0.25) is 14.2 Å². The van der Waals surface area contributed by atoms with Gasteiger partial charge in [0.15, 0.2) is 5.16 Å². The zero-order valence-corrected chi connectivity index (χ0v) is 17.8. The van der Waals surface area contributed by atoms with Crippen molar-refractivity contribution in [2.45, 2.75) is 32.5 Å². The Labute approximate surface area is 177 Å². The number of rotatable bonds is 6. The predicted molar refractivity (Wildman–Crippen MR) is 117 cm³/mol. The summed E-state index contributed by atoms with van der Waals surface area (Å²) in [5.74, 6) is 1.47. The number of nitrogens with zero attached hydrogens (tertiary/aromatic N) is 2. The Morgan fingerprint density at radius 1 is 1.17 bits per heavy atom. The van der Waals surface area contributed by atoms with Crippen LogP contribution in [0.3, 0.4) is 0 Å². The first-order valence-electron chi connectivity index (χ1n) is 9.55. The van der Waals surface area contributed by atoms with Crippen LogP contribution in [-0.2, 0) is 11.3 Å². The quantitative estimate of drug-likeness (QED) is 0.366. The fourth-order valence-corrected chi connectivity index (χ4v) is 3.99. The summed E-state index contributed by atoms with van der Waals surface area (Å²) in [5, 5.41) is 3.30. The van der Waals surface area contributed by atoms with Crippen LogP contribution in [0, 0.1) is 20.8 Å². The minimum atomic E-state index is -0.189. The topological polar surface area (TPSA) is 92.9 Å². The molecule has 8 heteroatoms. The highest BCUT2D eigenvalue weighted by Gasteiger charge is 2.16. The van der Waals surface area contributed by atoms with Gasteiger partial charge in [-0.1, -0.05) is 29.5 Å². The lowest BCUT2D eigenvalue weighted by atomic mass is 10.2. The Morgan fingerprint density at radius 2 is 1.93 bits per heavy atom. The SMILES string of the molecule is Cc1ccc(-n2c(SCC(=O)NCc3ccc(C)o3)nc3cc(C)[nH]c3c2=O)cc1. The molecule has 4 rings (SSSR count). The number of benzene rings is 1. The number of nitrogens with one attached hydrogen (secondary N) is 2. The van der Waals surface area contributed by atoms with Crippen molar-refractivity contribution in [3.8, 4) is 5.69 Å². The first-order chi connectivity index (χ1) is 14.4. The molecule has 0 atom stereocenters. The maximum Gasteiger partial charge on any atom is 0.283 e. The second kappa shape index (κ2) is 8.23. The van der Waals surface area contributed by atoms with Crippen LogP contribution < -0.4 is 10.9 Å². The molecule has 7 nitrogen and oxygen atoms in total. The van der Waals surface area contributed by atoms with Crippen molar-refractivity contribution < 1.29 is 9.21 Å². The highest BCUT2D eigenvalue weighted by molar-refractivity contribution is 7.99. The molecule has 0 aliphatic heterocycles. The van der Waals surface area contributed by atoms with Gasteiger partial charge >= 0.3 is 0 Å². The molecule has 30 heavy (non-hydrogen) atoms. The van der Waals surface area contributed by atoms with Gasteiger partial charge in [-0.15, -0.1) is 0 Å². The van der Waals surface area contributed by atoms with E-state index in [1.165, 1.54) is 11.8 Å². The van der Waals surface area contributed by atoms with E-state index in [0.29, 0.717) is 34.2 Å². The van der Waals surface area contributed by atoms with Crippen LogP contribution in [-0.4, -0.2) is 26.2 Å². The lowest BCUT2D eigenvalue weighted by Crippen LogP contribution is -2.26. The maximum absolute atomic E-state index is 13.2. The lowest BCUT2D eigenvalue weighted by molar-refractivity contribution is -0.118. The summed E-state index contributed by atoms with van der Waals surface area (Å²) in [6.45, 7) is 6.05. The molecule has 0 unspecified atom stereocenters. The number of aryl methyl sites for hydroxylation is 3. The number of H-pyrrole nitrogens is 1. The smallest absolute Gasteiger partial charge is 0.283 e. The van der Waals surface area contributed by atoms with Crippen LogP contribution in [0.2, 0.25) is 0 Å². The number of amides is 1. The van der Waals surface area contributed by atoms with Gasteiger partial charge < -0.3 is 14.7 Å². The highest BCUT2D eigenvalue weighted by Crippen LogP contribution is 2.22. The third kappa shape index (κ3) is 4.18. The van der Waals surface area contributed by atoms with Crippen molar-refractivity contribution in [1.29, 1.82) is 0 Å². The molecular weight excluding hydrogens is 400 g/mol. The summed E-state index contributed by atoms with van der Waals surface area (Å²) < 4.78 is 7.01. The maximum atomic E-state index is 13.2. The molecule has 3 aromatic heterocycles. The van der Waals surface area contributed by atoms with Crippen molar-refractivity contribution in [3.63, 3.8) is 0 Å². The number of carbonyl (C=O) groups is 1. The number of aromatic amines is 1. The van der Waals surface area contributed by atoms with Gasteiger partial charge in [0.2, 0.25) is 5.91 Å². The highest BCUT2D eigenvalue weighted by atomic mass is 32.2. The lowest BCUT2D eigenvalue weighted by Gasteiger charge is -2.12. The van der Waals surface area contributed by atoms with Crippen molar-refractivity contribution in [1.82, 2.24) is 19.9 Å². The molecular formula is C22H22N4O3S. The first kappa shape index (κ1) is 20.0. The summed E-state index contributed by atoms with van der Waals surface area (Å²) in [6.07, 6.45) is 0. The Hall–Kier alpha value is -3.26. The second-order valence-corrected chi connectivity index (χ2v) is 8.10. The molecule has 0 radical (unpaired) electrons. The molecule has 0 fully saturated rings. The Kier molecular flexibility index (Phi) is 5.50. The van der Waals surface area contributed by atoms with Crippen molar-refractivity contribution in [2.75, 3.05) is 5.75 Å². The van der Waals surface area contributed by atoms with E-state index in [0.717, 1.165) is 17.0 Å². The zero-order valence-electron chi connectivity index (χ0n) is 17.0. The number of carbonyl (C=O) groups excluding carboxylic acids is 1. The predicted octanol–water partition coefficient (Wildman–Crippen LogP) is 3.64. The van der Waals surface area contributed by atoms with E-state index >= 15 is 0 Å². The summed E-state index contributed by atoms with van der Waals surface area (Å²) in [7, 11) is 0. The number of hydrogen-bond donors (Lipinski definition) is 2. The molecule has 3 heterocycles. The van der Waals surface area contributed by atoms with Gasteiger partial charge in [-0.05, 0) is 51.1 Å². The third-order valence-electron chi connectivity index (χ3n) is 4.64. The molecule has 4 aromatic rings. The van der Waals surface area contributed by atoms with Crippen molar-refractivity contribution >= 4 is 28.7 Å². The summed E-state index contributed by atoms with van der Waals surface area (Å²) >= 11 is 1.23. The third-order valence-corrected chi connectivity index (χ3v) is 5.57. The van der Waals surface area contributed by atoms with Crippen molar-refractivity contribution in [3.05, 3.63) is 75.6 Å². The molecule has 0 spiro atoms. The molecule has 0 saturated carbocycles. The fourth-order valence-electron chi connectivity index (χ4n) is 3.14. The Morgan fingerprint density at radius 3 is 2.63 bits per heavy atom. The van der Waals surface area contributed by atoms with E-state index in [1.807, 2.05) is 63.2 Å². The monoisotopic (exact) mass is 422 g/mol. The van der Waals surface area contributed by atoms with Crippen LogP contribution in [0.5, 0.6) is 0 Å². The minimum absolute atomic E-state index is 0.132. The fraction of sp³-hybridized carbons (Fsp3) is 0.227.